The Labute approximate surface area is 80.1 Å². The van der Waals surface area contributed by atoms with Crippen molar-refractivity contribution in [3.05, 3.63) is 12.2 Å². The van der Waals surface area contributed by atoms with Crippen molar-refractivity contribution in [2.45, 2.75) is 6.54 Å². The van der Waals surface area contributed by atoms with E-state index in [0.717, 1.165) is 0 Å². The minimum absolute atomic E-state index is 0.0283. The molecule has 0 bridgehead atoms. The summed E-state index contributed by atoms with van der Waals surface area (Å²) in [6, 6.07) is 0. The van der Waals surface area contributed by atoms with Crippen molar-refractivity contribution in [2.75, 3.05) is 14.2 Å². The van der Waals surface area contributed by atoms with Gasteiger partial charge in [-0.3, -0.25) is 4.79 Å². The van der Waals surface area contributed by atoms with E-state index in [1.54, 1.807) is 0 Å². The van der Waals surface area contributed by atoms with E-state index in [2.05, 4.69) is 20.1 Å². The van der Waals surface area contributed by atoms with Gasteiger partial charge in [0, 0.05) is 7.05 Å². The number of ether oxygens (including phenoxy) is 1. The third-order valence-corrected chi connectivity index (χ3v) is 1.49. The third-order valence-electron chi connectivity index (χ3n) is 1.49. The lowest BCUT2D eigenvalue weighted by Crippen LogP contribution is -2.23. The third kappa shape index (κ3) is 2.28. The van der Waals surface area contributed by atoms with E-state index in [-0.39, 0.29) is 18.3 Å². The summed E-state index contributed by atoms with van der Waals surface area (Å²) in [5.41, 5.74) is 0. The van der Waals surface area contributed by atoms with Crippen LogP contribution in [0.25, 0.3) is 0 Å². The first-order chi connectivity index (χ1) is 6.67. The lowest BCUT2D eigenvalue weighted by Gasteiger charge is -1.97. The van der Waals surface area contributed by atoms with E-state index < -0.39 is 5.97 Å². The van der Waals surface area contributed by atoms with Crippen LogP contribution < -0.4 is 5.32 Å². The molecule has 7 heteroatoms. The molecule has 0 aliphatic heterocycles. The van der Waals surface area contributed by atoms with Crippen molar-refractivity contribution < 1.29 is 14.3 Å². The number of nitrogens with zero attached hydrogens (tertiary/aromatic N) is 3. The van der Waals surface area contributed by atoms with Gasteiger partial charge in [0.1, 0.15) is 12.9 Å². The molecule has 0 aliphatic carbocycles. The minimum Gasteiger partial charge on any atom is -0.463 e. The van der Waals surface area contributed by atoms with Crippen LogP contribution >= 0.6 is 0 Å². The molecule has 0 fully saturated rings. The molecule has 1 aromatic rings. The fourth-order valence-corrected chi connectivity index (χ4v) is 0.782. The lowest BCUT2D eigenvalue weighted by atomic mass is 10.6. The maximum Gasteiger partial charge on any atom is 0.377 e. The number of hydrogen-bond acceptors (Lipinski definition) is 5. The second-order valence-corrected chi connectivity index (χ2v) is 2.43. The van der Waals surface area contributed by atoms with Gasteiger partial charge in [0.05, 0.1) is 7.11 Å². The van der Waals surface area contributed by atoms with Crippen LogP contribution in [-0.2, 0) is 16.1 Å². The van der Waals surface area contributed by atoms with Crippen LogP contribution in [0.1, 0.15) is 10.6 Å². The van der Waals surface area contributed by atoms with Gasteiger partial charge in [0.2, 0.25) is 5.91 Å². The number of likely N-dealkylation sites (N-methyl/N-ethyl adjacent to an activating group) is 1. The maximum absolute atomic E-state index is 10.9. The number of carbonyl (C=O) groups excluding carboxylic acids is 2. The first kappa shape index (κ1) is 10.2. The summed E-state index contributed by atoms with van der Waals surface area (Å²) in [6.07, 6.45) is 1.29. The molecule has 0 saturated heterocycles. The summed E-state index contributed by atoms with van der Waals surface area (Å²) in [7, 11) is 2.75. The van der Waals surface area contributed by atoms with Crippen LogP contribution in [0.3, 0.4) is 0 Å². The van der Waals surface area contributed by atoms with Crippen molar-refractivity contribution in [3.63, 3.8) is 0 Å². The second kappa shape index (κ2) is 4.35. The Morgan fingerprint density at radius 1 is 1.64 bits per heavy atom. The Balaban J connectivity index is 2.68. The average molecular weight is 198 g/mol. The summed E-state index contributed by atoms with van der Waals surface area (Å²) in [6.45, 7) is 0.0283. The molecule has 0 unspecified atom stereocenters. The molecule has 0 saturated carbocycles. The van der Waals surface area contributed by atoms with Gasteiger partial charge in [-0.25, -0.2) is 14.5 Å². The van der Waals surface area contributed by atoms with Crippen molar-refractivity contribution in [2.24, 2.45) is 0 Å². The molecular weight excluding hydrogens is 188 g/mol. The van der Waals surface area contributed by atoms with Gasteiger partial charge < -0.3 is 10.1 Å². The highest BCUT2D eigenvalue weighted by atomic mass is 16.5. The molecule has 0 aliphatic rings. The van der Waals surface area contributed by atoms with Gasteiger partial charge in [-0.15, -0.1) is 5.10 Å². The van der Waals surface area contributed by atoms with E-state index in [1.807, 2.05) is 0 Å². The quantitative estimate of drug-likeness (QED) is 0.617. The molecule has 1 N–H and O–H groups in total. The fourth-order valence-electron chi connectivity index (χ4n) is 0.782. The van der Waals surface area contributed by atoms with Gasteiger partial charge in [-0.2, -0.15) is 0 Å². The van der Waals surface area contributed by atoms with E-state index >= 15 is 0 Å². The van der Waals surface area contributed by atoms with Crippen LogP contribution in [0.15, 0.2) is 6.33 Å². The normalized spacial score (nSPS) is 9.57. The molecule has 1 amide bonds. The number of hydrogen-bond donors (Lipinski definition) is 1. The predicted molar refractivity (Wildman–Crippen MR) is 45.4 cm³/mol. The smallest absolute Gasteiger partial charge is 0.377 e. The van der Waals surface area contributed by atoms with Crippen molar-refractivity contribution in [1.82, 2.24) is 20.1 Å². The molecule has 7 nitrogen and oxygen atoms in total. The van der Waals surface area contributed by atoms with E-state index in [1.165, 1.54) is 25.2 Å². The molecule has 0 spiro atoms. The Kier molecular flexibility index (Phi) is 3.16. The van der Waals surface area contributed by atoms with Crippen molar-refractivity contribution >= 4 is 11.9 Å². The Morgan fingerprint density at radius 3 is 2.93 bits per heavy atom. The summed E-state index contributed by atoms with van der Waals surface area (Å²) in [5.74, 6) is -0.900. The topological polar surface area (TPSA) is 86.1 Å². The molecular formula is C7H10N4O3. The highest BCUT2D eigenvalue weighted by molar-refractivity contribution is 5.84. The SMILES string of the molecule is CNC(=O)Cn1cnc(C(=O)OC)n1. The largest absolute Gasteiger partial charge is 0.463 e. The zero-order valence-corrected chi connectivity index (χ0v) is 7.85. The minimum atomic E-state index is -0.624. The second-order valence-electron chi connectivity index (χ2n) is 2.43. The van der Waals surface area contributed by atoms with E-state index in [9.17, 15) is 9.59 Å². The standard InChI is InChI=1S/C7H10N4O3/c1-8-5(12)3-11-4-9-6(10-11)7(13)14-2/h4H,3H2,1-2H3,(H,8,12). The van der Waals surface area contributed by atoms with E-state index in [0.29, 0.717) is 0 Å². The molecule has 0 radical (unpaired) electrons. The van der Waals surface area contributed by atoms with Crippen molar-refractivity contribution in [3.8, 4) is 0 Å². The zero-order chi connectivity index (χ0) is 10.6. The van der Waals surface area contributed by atoms with Crippen LogP contribution in [0, 0.1) is 0 Å². The van der Waals surface area contributed by atoms with Crippen LogP contribution in [0.2, 0.25) is 0 Å². The number of methoxy groups -OCH3 is 1. The van der Waals surface area contributed by atoms with E-state index in [4.69, 9.17) is 0 Å². The van der Waals surface area contributed by atoms with Crippen LogP contribution in [-0.4, -0.2) is 40.8 Å². The van der Waals surface area contributed by atoms with Gasteiger partial charge >= 0.3 is 5.97 Å². The number of esters is 1. The average Bonchev–Trinajstić information content (AvgIpc) is 2.65. The number of rotatable bonds is 3. The molecule has 1 aromatic heterocycles. The number of amides is 1. The lowest BCUT2D eigenvalue weighted by molar-refractivity contribution is -0.121. The summed E-state index contributed by atoms with van der Waals surface area (Å²) in [5, 5.41) is 6.16. The summed E-state index contributed by atoms with van der Waals surface area (Å²) < 4.78 is 5.66. The molecule has 0 aromatic carbocycles. The molecule has 14 heavy (non-hydrogen) atoms. The zero-order valence-electron chi connectivity index (χ0n) is 7.85. The van der Waals surface area contributed by atoms with Crippen LogP contribution in [0.5, 0.6) is 0 Å². The predicted octanol–water partition coefficient (Wildman–Crippen LogP) is -1.19. The molecule has 1 rings (SSSR count). The fraction of sp³-hybridized carbons (Fsp3) is 0.429. The molecule has 0 atom stereocenters. The summed E-state index contributed by atoms with van der Waals surface area (Å²) >= 11 is 0. The maximum atomic E-state index is 10.9. The van der Waals surface area contributed by atoms with Crippen LogP contribution in [0.4, 0.5) is 0 Å². The Hall–Kier alpha value is -1.92. The molecule has 1 heterocycles. The Bertz CT molecular complexity index is 346. The van der Waals surface area contributed by atoms with Gasteiger partial charge in [0.25, 0.3) is 5.82 Å². The number of aromatic nitrogens is 3. The van der Waals surface area contributed by atoms with Crippen molar-refractivity contribution in [1.29, 1.82) is 0 Å². The number of nitrogens with one attached hydrogen (secondary N) is 1. The summed E-state index contributed by atoms with van der Waals surface area (Å²) in [4.78, 5) is 25.5. The highest BCUT2D eigenvalue weighted by Gasteiger charge is 2.11. The Morgan fingerprint density at radius 2 is 2.36 bits per heavy atom. The van der Waals surface area contributed by atoms with Gasteiger partial charge in [-0.05, 0) is 0 Å². The van der Waals surface area contributed by atoms with Gasteiger partial charge in [-0.1, -0.05) is 0 Å². The monoisotopic (exact) mass is 198 g/mol. The highest BCUT2D eigenvalue weighted by Crippen LogP contribution is 1.92. The number of carbonyl (C=O) groups is 2. The first-order valence-corrected chi connectivity index (χ1v) is 3.85. The first-order valence-electron chi connectivity index (χ1n) is 3.85. The molecule has 76 valence electrons. The van der Waals surface area contributed by atoms with Gasteiger partial charge in [0.15, 0.2) is 0 Å².